The Morgan fingerprint density at radius 1 is 0.606 bits per heavy atom. The molecule has 1 aliphatic rings. The molecule has 1 heterocycles. The topological polar surface area (TPSA) is 63.2 Å². The molecular weight excluding hydrogens is 410 g/mol. The summed E-state index contributed by atoms with van der Waals surface area (Å²) in [7, 11) is 0. The summed E-state index contributed by atoms with van der Waals surface area (Å²) in [6.07, 6.45) is 0. The number of hydrogen-bond acceptors (Lipinski definition) is 3. The number of fused-ring (bicyclic) bond motifs is 1. The molecule has 0 bridgehead atoms. The van der Waals surface area contributed by atoms with E-state index < -0.39 is 11.8 Å². The number of amides is 2. The van der Waals surface area contributed by atoms with E-state index in [4.69, 9.17) is 0 Å². The van der Waals surface area contributed by atoms with E-state index in [9.17, 15) is 14.4 Å². The van der Waals surface area contributed by atoms with Crippen LogP contribution in [0.2, 0.25) is 0 Å². The van der Waals surface area contributed by atoms with Crippen molar-refractivity contribution in [2.75, 3.05) is 0 Å². The molecule has 0 saturated heterocycles. The minimum Gasteiger partial charge on any atom is -0.289 e. The number of hydrogen-bond donors (Lipinski definition) is 1. The highest BCUT2D eigenvalue weighted by Gasteiger charge is 2.34. The molecule has 0 radical (unpaired) electrons. The second kappa shape index (κ2) is 8.41. The predicted octanol–water partition coefficient (Wildman–Crippen LogP) is 4.87. The van der Waals surface area contributed by atoms with Gasteiger partial charge >= 0.3 is 0 Å². The van der Waals surface area contributed by atoms with Gasteiger partial charge < -0.3 is 0 Å². The second-order valence-corrected chi connectivity index (χ2v) is 7.58. The van der Waals surface area contributed by atoms with Crippen LogP contribution in [-0.2, 0) is 0 Å². The van der Waals surface area contributed by atoms with Gasteiger partial charge in [0.1, 0.15) is 0 Å². The molecule has 33 heavy (non-hydrogen) atoms. The van der Waals surface area contributed by atoms with Crippen LogP contribution in [0.15, 0.2) is 97.1 Å². The number of carbonyl (C=O) groups excluding carboxylic acids is 3. The van der Waals surface area contributed by atoms with Gasteiger partial charge in [0.2, 0.25) is 0 Å². The van der Waals surface area contributed by atoms with Crippen LogP contribution in [0.4, 0.5) is 0 Å². The number of benzene rings is 4. The maximum absolute atomic E-state index is 13.6. The van der Waals surface area contributed by atoms with Crippen molar-refractivity contribution in [2.24, 2.45) is 0 Å². The normalized spacial score (nSPS) is 11.9. The molecule has 0 unspecified atom stereocenters. The molecular formula is C29H17NO3. The van der Waals surface area contributed by atoms with E-state index in [0.717, 1.165) is 16.7 Å². The average Bonchev–Trinajstić information content (AvgIpc) is 3.16. The third kappa shape index (κ3) is 3.84. The fourth-order valence-corrected chi connectivity index (χ4v) is 3.87. The molecule has 156 valence electrons. The van der Waals surface area contributed by atoms with Crippen LogP contribution in [0.3, 0.4) is 0 Å². The molecule has 4 aromatic rings. The standard InChI is InChI=1S/C29H17NO3/c31-27(22-15-13-20(14-16-22)12-11-19-7-3-1-4-8-19)25-23(21-9-5-2-6-10-21)17-18-24-26(25)29(33)30-28(24)32/h1-10,13-18H,(H,30,32,33). The molecule has 0 aliphatic carbocycles. The van der Waals surface area contributed by atoms with Crippen LogP contribution in [0.1, 0.15) is 47.8 Å². The van der Waals surface area contributed by atoms with E-state index in [0.29, 0.717) is 11.1 Å². The highest BCUT2D eigenvalue weighted by Crippen LogP contribution is 2.32. The van der Waals surface area contributed by atoms with Gasteiger partial charge in [-0.15, -0.1) is 0 Å². The van der Waals surface area contributed by atoms with Gasteiger partial charge in [0.25, 0.3) is 11.8 Å². The lowest BCUT2D eigenvalue weighted by Crippen LogP contribution is -2.21. The van der Waals surface area contributed by atoms with E-state index in [2.05, 4.69) is 17.2 Å². The van der Waals surface area contributed by atoms with Crippen molar-refractivity contribution in [3.8, 4) is 23.0 Å². The highest BCUT2D eigenvalue weighted by molar-refractivity contribution is 6.28. The fraction of sp³-hybridized carbons (Fsp3) is 0. The molecule has 0 fully saturated rings. The Morgan fingerprint density at radius 2 is 1.18 bits per heavy atom. The summed E-state index contributed by atoms with van der Waals surface area (Å²) in [5.41, 5.74) is 4.06. The summed E-state index contributed by atoms with van der Waals surface area (Å²) in [4.78, 5) is 38.4. The van der Waals surface area contributed by atoms with Gasteiger partial charge in [0.15, 0.2) is 5.78 Å². The number of rotatable bonds is 3. The van der Waals surface area contributed by atoms with Crippen LogP contribution in [0.5, 0.6) is 0 Å². The van der Waals surface area contributed by atoms with Crippen molar-refractivity contribution < 1.29 is 14.4 Å². The Hall–Kier alpha value is -4.75. The van der Waals surface area contributed by atoms with Crippen molar-refractivity contribution in [1.29, 1.82) is 0 Å². The van der Waals surface area contributed by atoms with Crippen LogP contribution >= 0.6 is 0 Å². The first-order chi connectivity index (χ1) is 16.1. The molecule has 4 nitrogen and oxygen atoms in total. The van der Waals surface area contributed by atoms with Crippen molar-refractivity contribution >= 4 is 17.6 Å². The smallest absolute Gasteiger partial charge is 0.259 e. The first-order valence-corrected chi connectivity index (χ1v) is 10.4. The molecule has 5 rings (SSSR count). The van der Waals surface area contributed by atoms with Gasteiger partial charge in [0.05, 0.1) is 11.1 Å². The second-order valence-electron chi connectivity index (χ2n) is 7.58. The minimum absolute atomic E-state index is 0.124. The SMILES string of the molecule is O=C1NC(=O)c2c1ccc(-c1ccccc1)c2C(=O)c1ccc(C#Cc2ccccc2)cc1. The monoisotopic (exact) mass is 427 g/mol. The Morgan fingerprint density at radius 3 is 1.85 bits per heavy atom. The molecule has 4 heteroatoms. The number of nitrogens with one attached hydrogen (secondary N) is 1. The lowest BCUT2D eigenvalue weighted by Gasteiger charge is -2.13. The molecule has 0 saturated carbocycles. The zero-order chi connectivity index (χ0) is 22.8. The summed E-state index contributed by atoms with van der Waals surface area (Å²) in [6.45, 7) is 0. The zero-order valence-electron chi connectivity index (χ0n) is 17.5. The third-order valence-corrected chi connectivity index (χ3v) is 5.49. The van der Waals surface area contributed by atoms with Crippen LogP contribution in [0.25, 0.3) is 11.1 Å². The quantitative estimate of drug-likeness (QED) is 0.288. The summed E-state index contributed by atoms with van der Waals surface area (Å²) in [6, 6.07) is 29.2. The number of ketones is 1. The molecule has 2 amide bonds. The van der Waals surface area contributed by atoms with Gasteiger partial charge in [-0.05, 0) is 53.6 Å². The maximum atomic E-state index is 13.6. The van der Waals surface area contributed by atoms with E-state index in [1.807, 2.05) is 60.7 Å². The van der Waals surface area contributed by atoms with Crippen molar-refractivity contribution in [1.82, 2.24) is 5.32 Å². The van der Waals surface area contributed by atoms with E-state index in [-0.39, 0.29) is 22.5 Å². The molecule has 1 N–H and O–H groups in total. The molecule has 0 aromatic heterocycles. The van der Waals surface area contributed by atoms with Crippen molar-refractivity contribution in [3.63, 3.8) is 0 Å². The van der Waals surface area contributed by atoms with E-state index in [1.54, 1.807) is 36.4 Å². The van der Waals surface area contributed by atoms with Gasteiger partial charge in [-0.3, -0.25) is 19.7 Å². The lowest BCUT2D eigenvalue weighted by atomic mass is 9.88. The van der Waals surface area contributed by atoms with Crippen LogP contribution < -0.4 is 5.32 Å². The van der Waals surface area contributed by atoms with Gasteiger partial charge in [-0.25, -0.2) is 0 Å². The first kappa shape index (κ1) is 20.2. The predicted molar refractivity (Wildman–Crippen MR) is 126 cm³/mol. The molecule has 4 aromatic carbocycles. The molecule has 1 aliphatic heterocycles. The van der Waals surface area contributed by atoms with Crippen molar-refractivity contribution in [2.45, 2.75) is 0 Å². The Bertz CT molecular complexity index is 1460. The summed E-state index contributed by atoms with van der Waals surface area (Å²) in [5.74, 6) is 4.81. The Balaban J connectivity index is 1.57. The Kier molecular flexibility index (Phi) is 5.14. The van der Waals surface area contributed by atoms with E-state index in [1.165, 1.54) is 0 Å². The highest BCUT2D eigenvalue weighted by atomic mass is 16.2. The van der Waals surface area contributed by atoms with Gasteiger partial charge in [0, 0.05) is 22.3 Å². The molecule has 0 spiro atoms. The van der Waals surface area contributed by atoms with Crippen LogP contribution in [-0.4, -0.2) is 17.6 Å². The first-order valence-electron chi connectivity index (χ1n) is 10.4. The van der Waals surface area contributed by atoms with Gasteiger partial charge in [-0.1, -0.05) is 66.4 Å². The number of carbonyl (C=O) groups is 3. The molecule has 0 atom stereocenters. The van der Waals surface area contributed by atoms with Crippen LogP contribution in [0, 0.1) is 11.8 Å². The van der Waals surface area contributed by atoms with Gasteiger partial charge in [-0.2, -0.15) is 0 Å². The average molecular weight is 427 g/mol. The number of imide groups is 1. The lowest BCUT2D eigenvalue weighted by molar-refractivity contribution is 0.0876. The summed E-state index contributed by atoms with van der Waals surface area (Å²) >= 11 is 0. The summed E-state index contributed by atoms with van der Waals surface area (Å²) in [5, 5.41) is 2.30. The fourth-order valence-electron chi connectivity index (χ4n) is 3.87. The summed E-state index contributed by atoms with van der Waals surface area (Å²) < 4.78 is 0. The largest absolute Gasteiger partial charge is 0.289 e. The minimum atomic E-state index is -0.554. The van der Waals surface area contributed by atoms with Crippen molar-refractivity contribution in [3.05, 3.63) is 130 Å². The third-order valence-electron chi connectivity index (χ3n) is 5.49. The maximum Gasteiger partial charge on any atom is 0.259 e. The van der Waals surface area contributed by atoms with E-state index >= 15 is 0 Å². The zero-order valence-corrected chi connectivity index (χ0v) is 17.5. The Labute approximate surface area is 190 Å².